The number of ether oxygens (including phenoxy) is 1. The molecule has 0 amide bonds. The number of methoxy groups -OCH3 is 1. The van der Waals surface area contributed by atoms with Crippen LogP contribution >= 0.6 is 0 Å². The molecule has 0 bridgehead atoms. The lowest BCUT2D eigenvalue weighted by molar-refractivity contribution is -0.378. The molecule has 0 radical (unpaired) electrons. The molecule has 3 heteroatoms. The molecule has 0 aliphatic carbocycles. The highest BCUT2D eigenvalue weighted by Gasteiger charge is 2.10. The topological polar surface area (TPSA) is 27.7 Å². The molecule has 1 aromatic carbocycles. The van der Waals surface area contributed by atoms with E-state index in [1.165, 1.54) is 5.57 Å². The average molecular weight is 236 g/mol. The van der Waals surface area contributed by atoms with Gasteiger partial charge >= 0.3 is 0 Å². The second kappa shape index (κ2) is 8.01. The Labute approximate surface area is 103 Å². The summed E-state index contributed by atoms with van der Waals surface area (Å²) in [6.45, 7) is 4.64. The first-order valence-electron chi connectivity index (χ1n) is 5.73. The maximum atomic E-state index is 5.21. The summed E-state index contributed by atoms with van der Waals surface area (Å²) in [5.41, 5.74) is 2.22. The van der Waals surface area contributed by atoms with Crippen molar-refractivity contribution in [1.29, 1.82) is 0 Å². The van der Waals surface area contributed by atoms with Gasteiger partial charge in [-0.2, -0.15) is 4.89 Å². The third kappa shape index (κ3) is 5.63. The molecule has 0 spiro atoms. The molecule has 1 rings (SSSR count). The van der Waals surface area contributed by atoms with Crippen molar-refractivity contribution in [1.82, 2.24) is 0 Å². The van der Waals surface area contributed by atoms with Crippen LogP contribution in [-0.4, -0.2) is 13.7 Å². The molecule has 0 saturated heterocycles. The third-order valence-corrected chi connectivity index (χ3v) is 2.20. The Hall–Kier alpha value is -1.16. The summed E-state index contributed by atoms with van der Waals surface area (Å²) in [6, 6.07) is 9.70. The summed E-state index contributed by atoms with van der Waals surface area (Å²) in [6.07, 6.45) is 2.48. The largest absolute Gasteiger partial charge is 0.349 e. The minimum absolute atomic E-state index is 0.470. The van der Waals surface area contributed by atoms with Gasteiger partial charge < -0.3 is 4.74 Å². The van der Waals surface area contributed by atoms with Crippen LogP contribution in [0, 0.1) is 0 Å². The zero-order valence-electron chi connectivity index (χ0n) is 10.7. The maximum absolute atomic E-state index is 5.21. The molecular weight excluding hydrogens is 216 g/mol. The fourth-order valence-corrected chi connectivity index (χ4v) is 1.35. The molecule has 94 valence electrons. The van der Waals surface area contributed by atoms with Gasteiger partial charge in [-0.15, -0.1) is 0 Å². The van der Waals surface area contributed by atoms with Crippen LogP contribution in [0.4, 0.5) is 0 Å². The van der Waals surface area contributed by atoms with Crippen molar-refractivity contribution in [3.8, 4) is 0 Å². The predicted molar refractivity (Wildman–Crippen MR) is 67.3 cm³/mol. The van der Waals surface area contributed by atoms with Gasteiger partial charge in [0.25, 0.3) is 0 Å². The summed E-state index contributed by atoms with van der Waals surface area (Å²) in [5.74, 6) is 0. The van der Waals surface area contributed by atoms with E-state index in [0.717, 1.165) is 12.0 Å². The van der Waals surface area contributed by atoms with Crippen LogP contribution in [-0.2, 0) is 14.5 Å². The van der Waals surface area contributed by atoms with Crippen molar-refractivity contribution in [3.05, 3.63) is 47.5 Å². The second-order valence-corrected chi connectivity index (χ2v) is 3.97. The van der Waals surface area contributed by atoms with E-state index < -0.39 is 6.29 Å². The van der Waals surface area contributed by atoms with Gasteiger partial charge in [-0.05, 0) is 20.3 Å². The van der Waals surface area contributed by atoms with Crippen molar-refractivity contribution in [2.75, 3.05) is 13.7 Å². The van der Waals surface area contributed by atoms with Gasteiger partial charge in [-0.1, -0.05) is 42.0 Å². The first-order chi connectivity index (χ1) is 8.24. The first-order valence-corrected chi connectivity index (χ1v) is 5.73. The lowest BCUT2D eigenvalue weighted by Crippen LogP contribution is -2.07. The minimum atomic E-state index is -0.470. The molecule has 1 aromatic rings. The van der Waals surface area contributed by atoms with E-state index in [0.29, 0.717) is 6.61 Å². The fourth-order valence-electron chi connectivity index (χ4n) is 1.35. The van der Waals surface area contributed by atoms with Gasteiger partial charge in [0.05, 0.1) is 6.61 Å². The summed E-state index contributed by atoms with van der Waals surface area (Å²) < 4.78 is 5.20. The summed E-state index contributed by atoms with van der Waals surface area (Å²) >= 11 is 0. The van der Waals surface area contributed by atoms with Gasteiger partial charge in [0.2, 0.25) is 6.29 Å². The van der Waals surface area contributed by atoms with Crippen molar-refractivity contribution >= 4 is 0 Å². The van der Waals surface area contributed by atoms with Gasteiger partial charge in [-0.25, -0.2) is 4.89 Å². The van der Waals surface area contributed by atoms with E-state index >= 15 is 0 Å². The highest BCUT2D eigenvalue weighted by atomic mass is 17.2. The Morgan fingerprint density at radius 3 is 2.53 bits per heavy atom. The monoisotopic (exact) mass is 236 g/mol. The van der Waals surface area contributed by atoms with Gasteiger partial charge in [0.15, 0.2) is 0 Å². The Morgan fingerprint density at radius 2 is 1.94 bits per heavy atom. The highest BCUT2D eigenvalue weighted by molar-refractivity contribution is 5.15. The van der Waals surface area contributed by atoms with Crippen molar-refractivity contribution in [2.45, 2.75) is 26.6 Å². The van der Waals surface area contributed by atoms with Crippen LogP contribution < -0.4 is 0 Å². The summed E-state index contributed by atoms with van der Waals surface area (Å²) in [4.78, 5) is 10.3. The van der Waals surface area contributed by atoms with Gasteiger partial charge in [0, 0.05) is 12.7 Å². The molecule has 0 aliphatic heterocycles. The number of benzene rings is 1. The van der Waals surface area contributed by atoms with E-state index in [9.17, 15) is 0 Å². The Morgan fingerprint density at radius 1 is 1.24 bits per heavy atom. The zero-order chi connectivity index (χ0) is 12.5. The number of rotatable bonds is 7. The van der Waals surface area contributed by atoms with Crippen LogP contribution in [0.1, 0.15) is 32.1 Å². The maximum Gasteiger partial charge on any atom is 0.217 e. The zero-order valence-corrected chi connectivity index (χ0v) is 10.7. The molecule has 1 atom stereocenters. The molecule has 0 N–H and O–H groups in total. The molecule has 0 heterocycles. The smallest absolute Gasteiger partial charge is 0.217 e. The highest BCUT2D eigenvalue weighted by Crippen LogP contribution is 2.17. The van der Waals surface area contributed by atoms with E-state index in [1.54, 1.807) is 7.11 Å². The van der Waals surface area contributed by atoms with Crippen molar-refractivity contribution in [3.63, 3.8) is 0 Å². The van der Waals surface area contributed by atoms with E-state index in [2.05, 4.69) is 19.9 Å². The predicted octanol–water partition coefficient (Wildman–Crippen LogP) is 3.64. The lowest BCUT2D eigenvalue weighted by Gasteiger charge is -2.14. The molecule has 3 nitrogen and oxygen atoms in total. The normalized spacial score (nSPS) is 12.2. The first kappa shape index (κ1) is 13.9. The molecule has 0 aromatic heterocycles. The molecule has 1 unspecified atom stereocenters. The number of hydrogen-bond donors (Lipinski definition) is 0. The fraction of sp³-hybridized carbons (Fsp3) is 0.429. The van der Waals surface area contributed by atoms with Gasteiger partial charge in [-0.3, -0.25) is 0 Å². The van der Waals surface area contributed by atoms with Crippen LogP contribution in [0.25, 0.3) is 0 Å². The molecule has 0 saturated carbocycles. The number of allylic oxidation sites excluding steroid dienone is 1. The standard InChI is InChI=1S/C14H20O3/c1-12(2)8-7-11-16-17-14(15-3)13-9-5-4-6-10-13/h4-6,8-10,14H,7,11H2,1-3H3. The molecule has 0 aliphatic rings. The minimum Gasteiger partial charge on any atom is -0.349 e. The quantitative estimate of drug-likeness (QED) is 0.238. The molecular formula is C14H20O3. The van der Waals surface area contributed by atoms with E-state index in [1.807, 2.05) is 30.3 Å². The summed E-state index contributed by atoms with van der Waals surface area (Å²) in [7, 11) is 1.59. The van der Waals surface area contributed by atoms with E-state index in [-0.39, 0.29) is 0 Å². The van der Waals surface area contributed by atoms with Crippen LogP contribution in [0.2, 0.25) is 0 Å². The summed E-state index contributed by atoms with van der Waals surface area (Å²) in [5, 5.41) is 0. The third-order valence-electron chi connectivity index (χ3n) is 2.20. The van der Waals surface area contributed by atoms with Gasteiger partial charge in [0.1, 0.15) is 0 Å². The van der Waals surface area contributed by atoms with Crippen LogP contribution in [0.5, 0.6) is 0 Å². The number of hydrogen-bond acceptors (Lipinski definition) is 3. The van der Waals surface area contributed by atoms with Crippen LogP contribution in [0.3, 0.4) is 0 Å². The van der Waals surface area contributed by atoms with Crippen LogP contribution in [0.15, 0.2) is 42.0 Å². The Bertz CT molecular complexity index is 329. The molecule has 0 fully saturated rings. The Balaban J connectivity index is 2.31. The second-order valence-electron chi connectivity index (χ2n) is 3.97. The Kier molecular flexibility index (Phi) is 6.55. The lowest BCUT2D eigenvalue weighted by atomic mass is 10.2. The average Bonchev–Trinajstić information content (AvgIpc) is 2.34. The van der Waals surface area contributed by atoms with Crippen molar-refractivity contribution < 1.29 is 14.5 Å². The molecule has 17 heavy (non-hydrogen) atoms. The SMILES string of the molecule is COC(OOCCC=C(C)C)c1ccccc1. The van der Waals surface area contributed by atoms with E-state index in [4.69, 9.17) is 14.5 Å². The van der Waals surface area contributed by atoms with Crippen molar-refractivity contribution in [2.24, 2.45) is 0 Å².